The molecule has 1 aromatic rings. The molecule has 6 nitrogen and oxygen atoms in total. The van der Waals surface area contributed by atoms with Gasteiger partial charge in [0.15, 0.2) is 0 Å². The lowest BCUT2D eigenvalue weighted by atomic mass is 9.95. The van der Waals surface area contributed by atoms with Crippen molar-refractivity contribution in [2.45, 2.75) is 26.8 Å². The summed E-state index contributed by atoms with van der Waals surface area (Å²) in [5.74, 6) is 0.176. The maximum Gasteiger partial charge on any atom is 0.338 e. The molecule has 0 aliphatic carbocycles. The van der Waals surface area contributed by atoms with Crippen LogP contribution in [0.3, 0.4) is 0 Å². The largest absolute Gasteiger partial charge is 0.494 e. The minimum Gasteiger partial charge on any atom is -0.494 e. The number of allylic oxidation sites excluding steroid dienone is 1. The van der Waals surface area contributed by atoms with Crippen molar-refractivity contribution in [3.63, 3.8) is 0 Å². The highest BCUT2D eigenvalue weighted by molar-refractivity contribution is 5.95. The molecule has 0 radical (unpaired) electrons. The van der Waals surface area contributed by atoms with Crippen LogP contribution in [0.15, 0.2) is 35.5 Å². The third-order valence-corrected chi connectivity index (χ3v) is 3.29. The lowest BCUT2D eigenvalue weighted by Crippen LogP contribution is -2.45. The molecule has 118 valence electrons. The van der Waals surface area contributed by atoms with Gasteiger partial charge in [0.1, 0.15) is 5.75 Å². The zero-order chi connectivity index (χ0) is 16.1. The predicted molar refractivity (Wildman–Crippen MR) is 81.4 cm³/mol. The third kappa shape index (κ3) is 3.21. The number of urea groups is 1. The molecule has 0 unspecified atom stereocenters. The number of para-hydroxylation sites is 1. The van der Waals surface area contributed by atoms with E-state index in [0.717, 1.165) is 5.56 Å². The van der Waals surface area contributed by atoms with Gasteiger partial charge >= 0.3 is 12.0 Å². The molecule has 2 amide bonds. The first-order chi connectivity index (χ1) is 10.6. The topological polar surface area (TPSA) is 76.7 Å². The summed E-state index contributed by atoms with van der Waals surface area (Å²) >= 11 is 0. The highest BCUT2D eigenvalue weighted by Gasteiger charge is 2.33. The van der Waals surface area contributed by atoms with E-state index in [9.17, 15) is 9.59 Å². The van der Waals surface area contributed by atoms with Crippen molar-refractivity contribution in [2.75, 3.05) is 13.2 Å². The Morgan fingerprint density at radius 1 is 1.23 bits per heavy atom. The molecule has 0 spiro atoms. The summed E-state index contributed by atoms with van der Waals surface area (Å²) in [5.41, 5.74) is 1.59. The number of benzene rings is 1. The van der Waals surface area contributed by atoms with Crippen LogP contribution in [0.4, 0.5) is 4.79 Å². The Morgan fingerprint density at radius 2 is 1.95 bits per heavy atom. The van der Waals surface area contributed by atoms with Gasteiger partial charge in [-0.3, -0.25) is 0 Å². The van der Waals surface area contributed by atoms with Gasteiger partial charge in [-0.2, -0.15) is 0 Å². The number of rotatable bonds is 5. The molecule has 1 aliphatic heterocycles. The second-order valence-electron chi connectivity index (χ2n) is 4.76. The maximum atomic E-state index is 12.3. The first-order valence-electron chi connectivity index (χ1n) is 7.25. The second-order valence-corrected chi connectivity index (χ2v) is 4.76. The summed E-state index contributed by atoms with van der Waals surface area (Å²) < 4.78 is 10.7. The van der Waals surface area contributed by atoms with Crippen molar-refractivity contribution >= 4 is 12.0 Å². The van der Waals surface area contributed by atoms with Gasteiger partial charge in [-0.05, 0) is 26.8 Å². The summed E-state index contributed by atoms with van der Waals surface area (Å²) in [6, 6.07) is 6.36. The summed E-state index contributed by atoms with van der Waals surface area (Å²) in [5, 5.41) is 5.37. The third-order valence-electron chi connectivity index (χ3n) is 3.29. The molecule has 0 fully saturated rings. The van der Waals surface area contributed by atoms with Crippen molar-refractivity contribution in [2.24, 2.45) is 0 Å². The van der Waals surface area contributed by atoms with Crippen LogP contribution >= 0.6 is 0 Å². The highest BCUT2D eigenvalue weighted by atomic mass is 16.5. The molecule has 22 heavy (non-hydrogen) atoms. The molecule has 0 saturated heterocycles. The Kier molecular flexibility index (Phi) is 5.04. The van der Waals surface area contributed by atoms with E-state index in [1.807, 2.05) is 31.2 Å². The van der Waals surface area contributed by atoms with Gasteiger partial charge in [-0.1, -0.05) is 18.2 Å². The van der Waals surface area contributed by atoms with Crippen LogP contribution in [0.1, 0.15) is 32.4 Å². The number of carbonyl (C=O) groups is 2. The molecule has 1 aliphatic rings. The van der Waals surface area contributed by atoms with Gasteiger partial charge in [0.25, 0.3) is 0 Å². The minimum atomic E-state index is -0.601. The molecule has 0 bridgehead atoms. The second kappa shape index (κ2) is 6.98. The van der Waals surface area contributed by atoms with Crippen LogP contribution in [0, 0.1) is 0 Å². The maximum absolute atomic E-state index is 12.3. The fourth-order valence-electron chi connectivity index (χ4n) is 2.41. The van der Waals surface area contributed by atoms with Gasteiger partial charge in [-0.15, -0.1) is 0 Å². The molecule has 0 saturated carbocycles. The molecule has 1 heterocycles. The Labute approximate surface area is 129 Å². The first kappa shape index (κ1) is 15.9. The van der Waals surface area contributed by atoms with Gasteiger partial charge < -0.3 is 20.1 Å². The van der Waals surface area contributed by atoms with E-state index in [4.69, 9.17) is 9.47 Å². The lowest BCUT2D eigenvalue weighted by molar-refractivity contribution is -0.139. The normalized spacial score (nSPS) is 17.6. The number of amides is 2. The van der Waals surface area contributed by atoms with E-state index < -0.39 is 12.0 Å². The van der Waals surface area contributed by atoms with Crippen LogP contribution in [-0.4, -0.2) is 25.2 Å². The Hall–Kier alpha value is -2.50. The van der Waals surface area contributed by atoms with Crippen LogP contribution in [0.5, 0.6) is 5.75 Å². The minimum absolute atomic E-state index is 0.267. The molecule has 1 atom stereocenters. The predicted octanol–water partition coefficient (Wildman–Crippen LogP) is 2.28. The van der Waals surface area contributed by atoms with Gasteiger partial charge in [0.2, 0.25) is 0 Å². The van der Waals surface area contributed by atoms with Crippen LogP contribution in [-0.2, 0) is 9.53 Å². The quantitative estimate of drug-likeness (QED) is 0.818. The lowest BCUT2D eigenvalue weighted by Gasteiger charge is -2.29. The van der Waals surface area contributed by atoms with E-state index in [1.165, 1.54) is 0 Å². The zero-order valence-electron chi connectivity index (χ0n) is 12.9. The van der Waals surface area contributed by atoms with E-state index in [-0.39, 0.29) is 12.6 Å². The summed E-state index contributed by atoms with van der Waals surface area (Å²) in [7, 11) is 0. The summed E-state index contributed by atoms with van der Waals surface area (Å²) in [6.07, 6.45) is 0. The van der Waals surface area contributed by atoms with Crippen molar-refractivity contribution in [3.8, 4) is 5.75 Å². The van der Waals surface area contributed by atoms with Gasteiger partial charge in [0, 0.05) is 11.3 Å². The van der Waals surface area contributed by atoms with E-state index >= 15 is 0 Å². The van der Waals surface area contributed by atoms with E-state index in [1.54, 1.807) is 13.8 Å². The Bertz CT molecular complexity index is 610. The number of ether oxygens (including phenoxy) is 2. The van der Waals surface area contributed by atoms with Gasteiger partial charge in [0.05, 0.1) is 24.8 Å². The highest BCUT2D eigenvalue weighted by Crippen LogP contribution is 2.33. The SMILES string of the molecule is CCOC(=O)C1=C(C)NC(=O)N[C@H]1c1ccccc1OCC. The molecule has 0 aromatic heterocycles. The van der Waals surface area contributed by atoms with Crippen LogP contribution in [0.2, 0.25) is 0 Å². The Morgan fingerprint density at radius 3 is 2.64 bits per heavy atom. The zero-order valence-corrected chi connectivity index (χ0v) is 12.9. The number of nitrogens with one attached hydrogen (secondary N) is 2. The number of hydrogen-bond donors (Lipinski definition) is 2. The first-order valence-corrected chi connectivity index (χ1v) is 7.25. The number of esters is 1. The molecular weight excluding hydrogens is 284 g/mol. The van der Waals surface area contributed by atoms with Crippen LogP contribution in [0.25, 0.3) is 0 Å². The summed E-state index contributed by atoms with van der Waals surface area (Å²) in [6.45, 7) is 6.06. The summed E-state index contributed by atoms with van der Waals surface area (Å²) in [4.78, 5) is 24.1. The van der Waals surface area contributed by atoms with Crippen molar-refractivity contribution in [3.05, 3.63) is 41.1 Å². The standard InChI is InChI=1S/C16H20N2O4/c1-4-21-12-9-7-6-8-11(12)14-13(15(19)22-5-2)10(3)17-16(20)18-14/h6-9,14H,4-5H2,1-3H3,(H2,17,18,20)/t14-/m0/s1. The smallest absolute Gasteiger partial charge is 0.338 e. The number of hydrogen-bond acceptors (Lipinski definition) is 4. The monoisotopic (exact) mass is 304 g/mol. The fraction of sp³-hybridized carbons (Fsp3) is 0.375. The molecular formula is C16H20N2O4. The van der Waals surface area contributed by atoms with Gasteiger partial charge in [-0.25, -0.2) is 9.59 Å². The van der Waals surface area contributed by atoms with Crippen molar-refractivity contribution in [1.82, 2.24) is 10.6 Å². The van der Waals surface area contributed by atoms with Crippen molar-refractivity contribution in [1.29, 1.82) is 0 Å². The fourth-order valence-corrected chi connectivity index (χ4v) is 2.41. The number of carbonyl (C=O) groups excluding carboxylic acids is 2. The Balaban J connectivity index is 2.48. The average molecular weight is 304 g/mol. The van der Waals surface area contributed by atoms with Crippen LogP contribution < -0.4 is 15.4 Å². The molecule has 2 rings (SSSR count). The molecule has 6 heteroatoms. The molecule has 1 aromatic carbocycles. The molecule has 2 N–H and O–H groups in total. The van der Waals surface area contributed by atoms with E-state index in [0.29, 0.717) is 23.6 Å². The van der Waals surface area contributed by atoms with E-state index in [2.05, 4.69) is 10.6 Å². The van der Waals surface area contributed by atoms with Crippen molar-refractivity contribution < 1.29 is 19.1 Å². The average Bonchev–Trinajstić information content (AvgIpc) is 2.47.